The van der Waals surface area contributed by atoms with E-state index in [0.29, 0.717) is 33.6 Å². The van der Waals surface area contributed by atoms with Crippen molar-refractivity contribution in [2.45, 2.75) is 19.3 Å². The Balaban J connectivity index is 1.53. The third-order valence-electron chi connectivity index (χ3n) is 5.46. The van der Waals surface area contributed by atoms with Crippen LogP contribution >= 0.6 is 0 Å². The minimum Gasteiger partial charge on any atom is -0.316 e. The van der Waals surface area contributed by atoms with Crippen LogP contribution in [0.5, 0.6) is 0 Å². The van der Waals surface area contributed by atoms with E-state index in [1.807, 2.05) is 18.5 Å². The number of rotatable bonds is 3. The molecule has 1 aromatic carbocycles. The van der Waals surface area contributed by atoms with Crippen LogP contribution in [-0.2, 0) is 13.5 Å². The molecular weight excluding hydrogens is 360 g/mol. The quantitative estimate of drug-likeness (QED) is 0.589. The van der Waals surface area contributed by atoms with Crippen molar-refractivity contribution in [1.29, 1.82) is 0 Å². The van der Waals surface area contributed by atoms with Gasteiger partial charge >= 0.3 is 0 Å². The second kappa shape index (κ2) is 6.67. The van der Waals surface area contributed by atoms with Crippen LogP contribution in [0.25, 0.3) is 27.7 Å². The standard InChI is InChI=1S/C21H21F2N5/c1-27-10-16-6-14(7-18(22)20(16)26-27)15-8-19(23)21-25-17(12-28(21)11-15)5-13-3-2-4-24-9-13/h6-8,10-13,24H,2-5,9H2,1H3. The van der Waals surface area contributed by atoms with Crippen LogP contribution < -0.4 is 5.32 Å². The summed E-state index contributed by atoms with van der Waals surface area (Å²) < 4.78 is 32.4. The van der Waals surface area contributed by atoms with Crippen molar-refractivity contribution >= 4 is 16.6 Å². The molecule has 0 saturated carbocycles. The molecule has 1 aliphatic rings. The molecule has 1 unspecified atom stereocenters. The first-order valence-corrected chi connectivity index (χ1v) is 9.58. The lowest BCUT2D eigenvalue weighted by atomic mass is 9.95. The maximum atomic E-state index is 14.7. The van der Waals surface area contributed by atoms with E-state index in [4.69, 9.17) is 0 Å². The summed E-state index contributed by atoms with van der Waals surface area (Å²) >= 11 is 0. The second-order valence-corrected chi connectivity index (χ2v) is 7.66. The number of hydrogen-bond acceptors (Lipinski definition) is 3. The molecule has 1 fully saturated rings. The third kappa shape index (κ3) is 3.05. The number of nitrogens with one attached hydrogen (secondary N) is 1. The van der Waals surface area contributed by atoms with Gasteiger partial charge in [-0.2, -0.15) is 5.10 Å². The molecule has 0 aliphatic carbocycles. The number of aryl methyl sites for hydroxylation is 1. The summed E-state index contributed by atoms with van der Waals surface area (Å²) in [5, 5.41) is 8.21. The summed E-state index contributed by atoms with van der Waals surface area (Å²) in [5.41, 5.74) is 2.74. The fraction of sp³-hybridized carbons (Fsp3) is 0.333. The van der Waals surface area contributed by atoms with Gasteiger partial charge in [0, 0.05) is 36.6 Å². The number of aromatic nitrogens is 4. The van der Waals surface area contributed by atoms with Gasteiger partial charge in [-0.05, 0) is 62.0 Å². The van der Waals surface area contributed by atoms with Crippen LogP contribution in [0.3, 0.4) is 0 Å². The number of fused-ring (bicyclic) bond motifs is 2. The average Bonchev–Trinajstić information content (AvgIpc) is 3.25. The van der Waals surface area contributed by atoms with Crippen molar-refractivity contribution in [2.24, 2.45) is 13.0 Å². The van der Waals surface area contributed by atoms with Gasteiger partial charge in [-0.25, -0.2) is 13.8 Å². The maximum absolute atomic E-state index is 14.7. The van der Waals surface area contributed by atoms with E-state index in [1.54, 1.807) is 22.3 Å². The molecule has 0 radical (unpaired) electrons. The molecule has 28 heavy (non-hydrogen) atoms. The van der Waals surface area contributed by atoms with Gasteiger partial charge < -0.3 is 9.72 Å². The van der Waals surface area contributed by atoms with E-state index in [9.17, 15) is 8.78 Å². The molecule has 4 heterocycles. The van der Waals surface area contributed by atoms with E-state index >= 15 is 0 Å². The number of piperidine rings is 1. The molecule has 4 aromatic rings. The van der Waals surface area contributed by atoms with Gasteiger partial charge in [0.15, 0.2) is 17.3 Å². The van der Waals surface area contributed by atoms with E-state index in [0.717, 1.165) is 25.2 Å². The summed E-state index contributed by atoms with van der Waals surface area (Å²) in [4.78, 5) is 4.48. The largest absolute Gasteiger partial charge is 0.316 e. The van der Waals surface area contributed by atoms with Gasteiger partial charge in [0.25, 0.3) is 0 Å². The van der Waals surface area contributed by atoms with E-state index in [-0.39, 0.29) is 0 Å². The summed E-state index contributed by atoms with van der Waals surface area (Å²) in [6.07, 6.45) is 8.61. The highest BCUT2D eigenvalue weighted by atomic mass is 19.1. The zero-order chi connectivity index (χ0) is 19.3. The molecule has 7 heteroatoms. The van der Waals surface area contributed by atoms with Crippen LogP contribution in [0.15, 0.2) is 36.8 Å². The normalized spacial score (nSPS) is 17.6. The van der Waals surface area contributed by atoms with Crippen molar-refractivity contribution in [1.82, 2.24) is 24.5 Å². The first-order chi connectivity index (χ1) is 13.6. The number of imidazole rings is 1. The Labute approximate surface area is 161 Å². The van der Waals surface area contributed by atoms with Crippen LogP contribution in [0.1, 0.15) is 18.5 Å². The highest BCUT2D eigenvalue weighted by Gasteiger charge is 2.17. The monoisotopic (exact) mass is 381 g/mol. The van der Waals surface area contributed by atoms with Crippen LogP contribution in [-0.4, -0.2) is 32.3 Å². The number of benzene rings is 1. The fourth-order valence-corrected chi connectivity index (χ4v) is 4.14. The minimum absolute atomic E-state index is 0.311. The van der Waals surface area contributed by atoms with Gasteiger partial charge in [0.2, 0.25) is 0 Å². The third-order valence-corrected chi connectivity index (χ3v) is 5.46. The number of hydrogen-bond donors (Lipinski definition) is 1. The highest BCUT2D eigenvalue weighted by molar-refractivity contribution is 5.84. The first-order valence-electron chi connectivity index (χ1n) is 9.58. The molecule has 1 N–H and O–H groups in total. The van der Waals surface area contributed by atoms with Crippen molar-refractivity contribution in [3.63, 3.8) is 0 Å². The predicted octanol–water partition coefficient (Wildman–Crippen LogP) is 3.71. The van der Waals surface area contributed by atoms with E-state index < -0.39 is 11.6 Å². The fourth-order valence-electron chi connectivity index (χ4n) is 4.14. The Morgan fingerprint density at radius 2 is 1.96 bits per heavy atom. The average molecular weight is 381 g/mol. The summed E-state index contributed by atoms with van der Waals surface area (Å²) in [6, 6.07) is 4.66. The van der Waals surface area contributed by atoms with Gasteiger partial charge in [-0.3, -0.25) is 4.68 Å². The molecule has 0 spiro atoms. The molecule has 0 bridgehead atoms. The van der Waals surface area contributed by atoms with Crippen molar-refractivity contribution in [2.75, 3.05) is 13.1 Å². The molecule has 144 valence electrons. The second-order valence-electron chi connectivity index (χ2n) is 7.66. The molecule has 5 rings (SSSR count). The Bertz CT molecular complexity index is 1170. The highest BCUT2D eigenvalue weighted by Crippen LogP contribution is 2.28. The SMILES string of the molecule is Cn1cc2cc(-c3cc(F)c4nc(CC5CCCNC5)cn4c3)cc(F)c2n1. The Morgan fingerprint density at radius 3 is 2.79 bits per heavy atom. The van der Waals surface area contributed by atoms with Gasteiger partial charge in [-0.1, -0.05) is 0 Å². The van der Waals surface area contributed by atoms with Crippen molar-refractivity contribution in [3.05, 3.63) is 54.1 Å². The molecule has 5 nitrogen and oxygen atoms in total. The van der Waals surface area contributed by atoms with E-state index in [2.05, 4.69) is 15.4 Å². The minimum atomic E-state index is -0.412. The molecular formula is C21H21F2N5. The van der Waals surface area contributed by atoms with Crippen LogP contribution in [0.2, 0.25) is 0 Å². The molecule has 1 saturated heterocycles. The van der Waals surface area contributed by atoms with Crippen LogP contribution in [0, 0.1) is 17.6 Å². The zero-order valence-electron chi connectivity index (χ0n) is 15.6. The predicted molar refractivity (Wildman–Crippen MR) is 104 cm³/mol. The lowest BCUT2D eigenvalue weighted by molar-refractivity contribution is 0.374. The molecule has 0 amide bonds. The van der Waals surface area contributed by atoms with Gasteiger partial charge in [0.1, 0.15) is 5.52 Å². The maximum Gasteiger partial charge on any atom is 0.173 e. The zero-order valence-corrected chi connectivity index (χ0v) is 15.6. The van der Waals surface area contributed by atoms with Crippen LogP contribution in [0.4, 0.5) is 8.78 Å². The molecule has 3 aromatic heterocycles. The summed E-state index contributed by atoms with van der Waals surface area (Å²) in [6.45, 7) is 2.05. The number of pyridine rings is 1. The molecule has 1 aliphatic heterocycles. The Kier molecular flexibility index (Phi) is 4.12. The van der Waals surface area contributed by atoms with Gasteiger partial charge in [-0.15, -0.1) is 0 Å². The summed E-state index contributed by atoms with van der Waals surface area (Å²) in [5.74, 6) is -0.287. The van der Waals surface area contributed by atoms with Crippen molar-refractivity contribution < 1.29 is 8.78 Å². The van der Waals surface area contributed by atoms with E-state index in [1.165, 1.54) is 25.0 Å². The lowest BCUT2D eigenvalue weighted by Gasteiger charge is -2.21. The Hall–Kier alpha value is -2.80. The number of halogens is 2. The molecule has 1 atom stereocenters. The first kappa shape index (κ1) is 17.3. The smallest absolute Gasteiger partial charge is 0.173 e. The summed E-state index contributed by atoms with van der Waals surface area (Å²) in [7, 11) is 1.75. The van der Waals surface area contributed by atoms with Gasteiger partial charge in [0.05, 0.1) is 5.69 Å². The topological polar surface area (TPSA) is 47.2 Å². The Morgan fingerprint density at radius 1 is 1.11 bits per heavy atom. The number of nitrogens with zero attached hydrogens (tertiary/aromatic N) is 4. The van der Waals surface area contributed by atoms with Crippen molar-refractivity contribution in [3.8, 4) is 11.1 Å². The lowest BCUT2D eigenvalue weighted by Crippen LogP contribution is -2.30.